The van der Waals surface area contributed by atoms with E-state index in [9.17, 15) is 14.4 Å². The molecule has 8 nitrogen and oxygen atoms in total. The SMILES string of the molecule is CN1Cc2cc(NC(=O)CNc3ccccn3)ccc2CC(CC(=O)O)C1=O. The molecule has 1 aliphatic rings. The first-order chi connectivity index (χ1) is 13.4. The van der Waals surface area contributed by atoms with Crippen molar-refractivity contribution in [2.75, 3.05) is 24.2 Å². The molecule has 1 unspecified atom stereocenters. The quantitative estimate of drug-likeness (QED) is 0.702. The second-order valence-electron chi connectivity index (χ2n) is 6.79. The Hall–Kier alpha value is -3.42. The number of amides is 2. The number of nitrogens with one attached hydrogen (secondary N) is 2. The number of pyridine rings is 1. The molecule has 0 saturated heterocycles. The molecule has 146 valence electrons. The van der Waals surface area contributed by atoms with E-state index in [1.54, 1.807) is 31.4 Å². The Bertz CT molecular complexity index is 885. The Balaban J connectivity index is 1.67. The van der Waals surface area contributed by atoms with Gasteiger partial charge in [-0.25, -0.2) is 4.98 Å². The maximum absolute atomic E-state index is 12.4. The molecule has 0 bridgehead atoms. The zero-order chi connectivity index (χ0) is 20.1. The minimum atomic E-state index is -0.987. The van der Waals surface area contributed by atoms with Gasteiger partial charge in [0.1, 0.15) is 5.82 Å². The highest BCUT2D eigenvalue weighted by molar-refractivity contribution is 5.93. The lowest BCUT2D eigenvalue weighted by molar-refractivity contribution is -0.143. The van der Waals surface area contributed by atoms with Crippen molar-refractivity contribution in [2.45, 2.75) is 19.4 Å². The van der Waals surface area contributed by atoms with Gasteiger partial charge in [-0.15, -0.1) is 0 Å². The predicted molar refractivity (Wildman–Crippen MR) is 104 cm³/mol. The van der Waals surface area contributed by atoms with Crippen molar-refractivity contribution in [3.63, 3.8) is 0 Å². The fourth-order valence-electron chi connectivity index (χ4n) is 3.26. The van der Waals surface area contributed by atoms with E-state index in [2.05, 4.69) is 15.6 Å². The van der Waals surface area contributed by atoms with Crippen LogP contribution in [0.4, 0.5) is 11.5 Å². The minimum absolute atomic E-state index is 0.0766. The van der Waals surface area contributed by atoms with Crippen molar-refractivity contribution in [1.82, 2.24) is 9.88 Å². The monoisotopic (exact) mass is 382 g/mol. The molecule has 3 rings (SSSR count). The third-order valence-corrected chi connectivity index (χ3v) is 4.61. The first-order valence-electron chi connectivity index (χ1n) is 8.95. The summed E-state index contributed by atoms with van der Waals surface area (Å²) in [4.78, 5) is 41.3. The van der Waals surface area contributed by atoms with Crippen LogP contribution >= 0.6 is 0 Å². The van der Waals surface area contributed by atoms with Crippen LogP contribution in [0.15, 0.2) is 42.6 Å². The van der Waals surface area contributed by atoms with Crippen LogP contribution in [0.1, 0.15) is 17.5 Å². The van der Waals surface area contributed by atoms with Crippen LogP contribution in [0.5, 0.6) is 0 Å². The van der Waals surface area contributed by atoms with Crippen LogP contribution < -0.4 is 10.6 Å². The molecule has 2 heterocycles. The summed E-state index contributed by atoms with van der Waals surface area (Å²) in [5.74, 6) is -1.34. The van der Waals surface area contributed by atoms with E-state index in [0.29, 0.717) is 24.5 Å². The number of fused-ring (bicyclic) bond motifs is 1. The van der Waals surface area contributed by atoms with Gasteiger partial charge < -0.3 is 20.6 Å². The Labute approximate surface area is 162 Å². The largest absolute Gasteiger partial charge is 0.481 e. The molecular formula is C20H22N4O4. The van der Waals surface area contributed by atoms with Gasteiger partial charge in [0.2, 0.25) is 11.8 Å². The maximum Gasteiger partial charge on any atom is 0.304 e. The number of nitrogens with zero attached hydrogens (tertiary/aromatic N) is 2. The van der Waals surface area contributed by atoms with E-state index in [4.69, 9.17) is 5.11 Å². The lowest BCUT2D eigenvalue weighted by atomic mass is 9.94. The molecule has 1 atom stereocenters. The average Bonchev–Trinajstić information content (AvgIpc) is 2.77. The smallest absolute Gasteiger partial charge is 0.304 e. The van der Waals surface area contributed by atoms with E-state index in [1.807, 2.05) is 18.2 Å². The van der Waals surface area contributed by atoms with E-state index >= 15 is 0 Å². The Morgan fingerprint density at radius 3 is 2.79 bits per heavy atom. The number of carboxylic acid groups (broad SMARTS) is 1. The fraction of sp³-hybridized carbons (Fsp3) is 0.300. The number of benzene rings is 1. The normalized spacial score (nSPS) is 16.1. The summed E-state index contributed by atoms with van der Waals surface area (Å²) in [6.45, 7) is 0.452. The summed E-state index contributed by atoms with van der Waals surface area (Å²) < 4.78 is 0. The third-order valence-electron chi connectivity index (χ3n) is 4.61. The lowest BCUT2D eigenvalue weighted by Crippen LogP contribution is -2.32. The van der Waals surface area contributed by atoms with Gasteiger partial charge >= 0.3 is 5.97 Å². The number of aliphatic carboxylic acids is 1. The van der Waals surface area contributed by atoms with Gasteiger partial charge in [-0.2, -0.15) is 0 Å². The number of hydrogen-bond donors (Lipinski definition) is 3. The van der Waals surface area contributed by atoms with Gasteiger partial charge in [-0.1, -0.05) is 12.1 Å². The number of anilines is 2. The van der Waals surface area contributed by atoms with Crippen molar-refractivity contribution >= 4 is 29.3 Å². The van der Waals surface area contributed by atoms with Crippen LogP contribution in [0.2, 0.25) is 0 Å². The molecule has 0 radical (unpaired) electrons. The summed E-state index contributed by atoms with van der Waals surface area (Å²) in [7, 11) is 1.66. The second kappa shape index (κ2) is 8.51. The van der Waals surface area contributed by atoms with Crippen LogP contribution in [-0.4, -0.2) is 46.4 Å². The van der Waals surface area contributed by atoms with Crippen molar-refractivity contribution in [1.29, 1.82) is 0 Å². The standard InChI is InChI=1S/C20H22N4O4/c1-24-12-15-9-16(23-18(25)11-22-17-4-2-3-7-21-17)6-5-13(15)8-14(20(24)28)10-19(26)27/h2-7,9,14H,8,10-12H2,1H3,(H,21,22)(H,23,25)(H,26,27). The van der Waals surface area contributed by atoms with Crippen molar-refractivity contribution < 1.29 is 19.5 Å². The molecule has 0 aliphatic carbocycles. The summed E-state index contributed by atoms with van der Waals surface area (Å²) in [5, 5.41) is 14.8. The van der Waals surface area contributed by atoms with E-state index < -0.39 is 11.9 Å². The number of rotatable bonds is 6. The van der Waals surface area contributed by atoms with Crippen LogP contribution in [0, 0.1) is 5.92 Å². The summed E-state index contributed by atoms with van der Waals surface area (Å²) in [6.07, 6.45) is 1.82. The molecule has 28 heavy (non-hydrogen) atoms. The van der Waals surface area contributed by atoms with Crippen molar-refractivity contribution in [3.8, 4) is 0 Å². The van der Waals surface area contributed by atoms with Gasteiger partial charge in [-0.05, 0) is 41.8 Å². The Morgan fingerprint density at radius 2 is 2.07 bits per heavy atom. The third kappa shape index (κ3) is 4.85. The molecule has 8 heteroatoms. The number of carbonyl (C=O) groups is 3. The Morgan fingerprint density at radius 1 is 1.25 bits per heavy atom. The maximum atomic E-state index is 12.4. The van der Waals surface area contributed by atoms with Gasteiger partial charge in [0.25, 0.3) is 0 Å². The minimum Gasteiger partial charge on any atom is -0.481 e. The molecule has 2 amide bonds. The zero-order valence-corrected chi connectivity index (χ0v) is 15.5. The van der Waals surface area contributed by atoms with Crippen LogP contribution in [0.25, 0.3) is 0 Å². The molecule has 0 spiro atoms. The summed E-state index contributed by atoms with van der Waals surface area (Å²) in [5.41, 5.74) is 2.46. The number of carbonyl (C=O) groups excluding carboxylic acids is 2. The van der Waals surface area contributed by atoms with Crippen molar-refractivity contribution in [2.24, 2.45) is 5.92 Å². The molecule has 0 fully saturated rings. The first-order valence-corrected chi connectivity index (χ1v) is 8.95. The summed E-state index contributed by atoms with van der Waals surface area (Å²) >= 11 is 0. The molecular weight excluding hydrogens is 360 g/mol. The first kappa shape index (κ1) is 19.3. The highest BCUT2D eigenvalue weighted by Gasteiger charge is 2.29. The molecule has 1 aliphatic heterocycles. The Kier molecular flexibility index (Phi) is 5.88. The predicted octanol–water partition coefficient (Wildman–Crippen LogP) is 1.74. The number of aromatic nitrogens is 1. The molecule has 3 N–H and O–H groups in total. The van der Waals surface area contributed by atoms with Gasteiger partial charge in [0.05, 0.1) is 18.9 Å². The van der Waals surface area contributed by atoms with Gasteiger partial charge in [0, 0.05) is 25.5 Å². The topological polar surface area (TPSA) is 112 Å². The number of carboxylic acids is 1. The highest BCUT2D eigenvalue weighted by Crippen LogP contribution is 2.26. The molecule has 1 aromatic heterocycles. The van der Waals surface area contributed by atoms with Gasteiger partial charge in [0.15, 0.2) is 0 Å². The van der Waals surface area contributed by atoms with E-state index in [1.165, 1.54) is 4.90 Å². The molecule has 1 aromatic carbocycles. The number of hydrogen-bond acceptors (Lipinski definition) is 5. The van der Waals surface area contributed by atoms with Crippen molar-refractivity contribution in [3.05, 3.63) is 53.7 Å². The fourth-order valence-corrected chi connectivity index (χ4v) is 3.26. The molecule has 2 aromatic rings. The van der Waals surface area contributed by atoms with Crippen LogP contribution in [-0.2, 0) is 27.3 Å². The van der Waals surface area contributed by atoms with E-state index in [-0.39, 0.29) is 24.8 Å². The second-order valence-corrected chi connectivity index (χ2v) is 6.79. The average molecular weight is 382 g/mol. The summed E-state index contributed by atoms with van der Waals surface area (Å²) in [6, 6.07) is 10.8. The zero-order valence-electron chi connectivity index (χ0n) is 15.5. The highest BCUT2D eigenvalue weighted by atomic mass is 16.4. The van der Waals surface area contributed by atoms with Crippen LogP contribution in [0.3, 0.4) is 0 Å². The van der Waals surface area contributed by atoms with Gasteiger partial charge in [-0.3, -0.25) is 14.4 Å². The van der Waals surface area contributed by atoms with E-state index in [0.717, 1.165) is 11.1 Å². The lowest BCUT2D eigenvalue weighted by Gasteiger charge is -2.18. The molecule has 0 saturated carbocycles.